The summed E-state index contributed by atoms with van der Waals surface area (Å²) in [5.41, 5.74) is 3.15. The highest BCUT2D eigenvalue weighted by Crippen LogP contribution is 2.50. The molecule has 5 heteroatoms. The molecule has 1 fully saturated rings. The summed E-state index contributed by atoms with van der Waals surface area (Å²) in [4.78, 5) is 15.0. The molecule has 1 amide bonds. The van der Waals surface area contributed by atoms with Gasteiger partial charge in [-0.15, -0.1) is 0 Å². The Balaban J connectivity index is 1.53. The molecule has 130 valence electrons. The van der Waals surface area contributed by atoms with Crippen molar-refractivity contribution in [3.63, 3.8) is 0 Å². The van der Waals surface area contributed by atoms with Crippen LogP contribution in [0, 0.1) is 5.92 Å². The largest absolute Gasteiger partial charge is 0.493 e. The van der Waals surface area contributed by atoms with Crippen LogP contribution in [0.5, 0.6) is 11.5 Å². The molecule has 0 radical (unpaired) electrons. The average Bonchev–Trinajstić information content (AvgIpc) is 3.47. The molecule has 0 aromatic heterocycles. The van der Waals surface area contributed by atoms with Crippen LogP contribution in [0.3, 0.4) is 0 Å². The topological polar surface area (TPSA) is 50.8 Å². The van der Waals surface area contributed by atoms with Gasteiger partial charge in [-0.1, -0.05) is 18.2 Å². The number of methoxy groups -OCH3 is 2. The number of nitrogens with zero attached hydrogens (tertiary/aromatic N) is 1. The van der Waals surface area contributed by atoms with E-state index in [0.717, 1.165) is 29.9 Å². The maximum absolute atomic E-state index is 13.0. The summed E-state index contributed by atoms with van der Waals surface area (Å²) < 4.78 is 10.7. The van der Waals surface area contributed by atoms with Crippen LogP contribution >= 0.6 is 0 Å². The number of anilines is 2. The molecule has 4 rings (SSSR count). The average molecular weight is 338 g/mol. The molecule has 2 unspecified atom stereocenters. The Morgan fingerprint density at radius 1 is 1.12 bits per heavy atom. The molecule has 0 bridgehead atoms. The number of carbonyl (C=O) groups excluding carboxylic acids is 1. The fourth-order valence-electron chi connectivity index (χ4n) is 3.63. The van der Waals surface area contributed by atoms with Crippen LogP contribution in [0.1, 0.15) is 17.9 Å². The normalized spacial score (nSPS) is 21.1. The molecule has 2 aromatic carbocycles. The van der Waals surface area contributed by atoms with Gasteiger partial charge in [-0.2, -0.15) is 0 Å². The van der Waals surface area contributed by atoms with E-state index in [1.165, 1.54) is 0 Å². The van der Waals surface area contributed by atoms with Crippen molar-refractivity contribution in [3.8, 4) is 11.5 Å². The molecule has 1 heterocycles. The van der Waals surface area contributed by atoms with Crippen molar-refractivity contribution in [2.24, 2.45) is 5.92 Å². The first-order valence-electron chi connectivity index (χ1n) is 8.59. The number of ether oxygens (including phenoxy) is 2. The number of benzene rings is 2. The number of hydrogen-bond donors (Lipinski definition) is 1. The van der Waals surface area contributed by atoms with Gasteiger partial charge in [-0.3, -0.25) is 4.79 Å². The predicted molar refractivity (Wildman–Crippen MR) is 97.7 cm³/mol. The van der Waals surface area contributed by atoms with E-state index >= 15 is 0 Å². The minimum Gasteiger partial charge on any atom is -0.493 e. The van der Waals surface area contributed by atoms with Crippen LogP contribution in [-0.4, -0.2) is 33.2 Å². The van der Waals surface area contributed by atoms with Crippen molar-refractivity contribution in [1.29, 1.82) is 0 Å². The van der Waals surface area contributed by atoms with E-state index in [9.17, 15) is 4.79 Å². The number of rotatable bonds is 4. The van der Waals surface area contributed by atoms with E-state index in [0.29, 0.717) is 18.0 Å². The molecule has 0 spiro atoms. The summed E-state index contributed by atoms with van der Waals surface area (Å²) in [6.45, 7) is 1.50. The monoisotopic (exact) mass is 338 g/mol. The van der Waals surface area contributed by atoms with E-state index in [4.69, 9.17) is 9.47 Å². The lowest BCUT2D eigenvalue weighted by atomic mass is 10.1. The van der Waals surface area contributed by atoms with Gasteiger partial charge in [-0.05, 0) is 42.2 Å². The minimum absolute atomic E-state index is 0.0456. The van der Waals surface area contributed by atoms with E-state index in [1.54, 1.807) is 14.2 Å². The second kappa shape index (κ2) is 6.31. The standard InChI is InChI=1S/C20H22N2O3/c1-24-18-8-7-13(11-19(18)25-2)14-12-15(14)20(23)22-10-9-21-16-5-3-4-6-17(16)22/h3-8,11,14-15,21H,9-10,12H2,1-2H3. The van der Waals surface area contributed by atoms with Crippen molar-refractivity contribution < 1.29 is 14.3 Å². The molecule has 2 aromatic rings. The van der Waals surface area contributed by atoms with E-state index in [1.807, 2.05) is 47.4 Å². The van der Waals surface area contributed by atoms with Crippen LogP contribution in [0.15, 0.2) is 42.5 Å². The second-order valence-electron chi connectivity index (χ2n) is 6.50. The van der Waals surface area contributed by atoms with Gasteiger partial charge in [0.25, 0.3) is 0 Å². The first-order chi connectivity index (χ1) is 12.2. The highest BCUT2D eigenvalue weighted by atomic mass is 16.5. The molecule has 2 aliphatic rings. The van der Waals surface area contributed by atoms with E-state index < -0.39 is 0 Å². The minimum atomic E-state index is 0.0456. The van der Waals surface area contributed by atoms with Gasteiger partial charge in [0, 0.05) is 19.0 Å². The Hall–Kier alpha value is -2.69. The van der Waals surface area contributed by atoms with Crippen molar-refractivity contribution in [2.75, 3.05) is 37.5 Å². The van der Waals surface area contributed by atoms with Gasteiger partial charge in [0.15, 0.2) is 11.5 Å². The van der Waals surface area contributed by atoms with Crippen molar-refractivity contribution in [1.82, 2.24) is 0 Å². The number of para-hydroxylation sites is 2. The number of hydrogen-bond acceptors (Lipinski definition) is 4. The van der Waals surface area contributed by atoms with Gasteiger partial charge < -0.3 is 19.7 Å². The molecule has 1 aliphatic carbocycles. The van der Waals surface area contributed by atoms with Crippen LogP contribution in [0.4, 0.5) is 11.4 Å². The Labute approximate surface area is 147 Å². The third kappa shape index (κ3) is 2.80. The Bertz CT molecular complexity index is 805. The maximum atomic E-state index is 13.0. The zero-order valence-electron chi connectivity index (χ0n) is 14.5. The molecular weight excluding hydrogens is 316 g/mol. The second-order valence-corrected chi connectivity index (χ2v) is 6.50. The summed E-state index contributed by atoms with van der Waals surface area (Å²) in [5.74, 6) is 1.95. The lowest BCUT2D eigenvalue weighted by molar-refractivity contribution is -0.119. The van der Waals surface area contributed by atoms with Crippen molar-refractivity contribution in [3.05, 3.63) is 48.0 Å². The van der Waals surface area contributed by atoms with Crippen LogP contribution in [0.2, 0.25) is 0 Å². The lowest BCUT2D eigenvalue weighted by Crippen LogP contribution is -2.40. The number of carbonyl (C=O) groups is 1. The third-order valence-corrected chi connectivity index (χ3v) is 5.06. The van der Waals surface area contributed by atoms with Gasteiger partial charge >= 0.3 is 0 Å². The van der Waals surface area contributed by atoms with Crippen LogP contribution < -0.4 is 19.7 Å². The van der Waals surface area contributed by atoms with Gasteiger partial charge in [0.05, 0.1) is 25.6 Å². The summed E-state index contributed by atoms with van der Waals surface area (Å²) in [6, 6.07) is 13.9. The summed E-state index contributed by atoms with van der Waals surface area (Å²) in [7, 11) is 3.26. The first kappa shape index (κ1) is 15.8. The molecular formula is C20H22N2O3. The number of nitrogens with one attached hydrogen (secondary N) is 1. The third-order valence-electron chi connectivity index (χ3n) is 5.06. The highest BCUT2D eigenvalue weighted by Gasteiger charge is 2.46. The molecule has 25 heavy (non-hydrogen) atoms. The molecule has 1 aliphatic heterocycles. The molecule has 1 saturated carbocycles. The van der Waals surface area contributed by atoms with E-state index in [2.05, 4.69) is 5.32 Å². The molecule has 5 nitrogen and oxygen atoms in total. The molecule has 0 saturated heterocycles. The Morgan fingerprint density at radius 2 is 1.92 bits per heavy atom. The Morgan fingerprint density at radius 3 is 2.72 bits per heavy atom. The van der Waals surface area contributed by atoms with Gasteiger partial charge in [0.1, 0.15) is 0 Å². The fourth-order valence-corrected chi connectivity index (χ4v) is 3.63. The Kier molecular flexibility index (Phi) is 3.99. The van der Waals surface area contributed by atoms with Crippen LogP contribution in [0.25, 0.3) is 0 Å². The van der Waals surface area contributed by atoms with E-state index in [-0.39, 0.29) is 17.7 Å². The fraction of sp³-hybridized carbons (Fsp3) is 0.350. The van der Waals surface area contributed by atoms with Gasteiger partial charge in [0.2, 0.25) is 5.91 Å². The lowest BCUT2D eigenvalue weighted by Gasteiger charge is -2.30. The smallest absolute Gasteiger partial charge is 0.230 e. The van der Waals surface area contributed by atoms with Gasteiger partial charge in [-0.25, -0.2) is 0 Å². The summed E-state index contributed by atoms with van der Waals surface area (Å²) in [5, 5.41) is 3.35. The highest BCUT2D eigenvalue weighted by molar-refractivity contribution is 6.00. The van der Waals surface area contributed by atoms with Crippen LogP contribution in [-0.2, 0) is 4.79 Å². The van der Waals surface area contributed by atoms with Crippen molar-refractivity contribution in [2.45, 2.75) is 12.3 Å². The summed E-state index contributed by atoms with van der Waals surface area (Å²) >= 11 is 0. The zero-order valence-corrected chi connectivity index (χ0v) is 14.5. The zero-order chi connectivity index (χ0) is 17.4. The SMILES string of the molecule is COc1ccc(C2CC2C(=O)N2CCNc3ccccc32)cc1OC. The molecule has 2 atom stereocenters. The number of amides is 1. The van der Waals surface area contributed by atoms with Crippen molar-refractivity contribution >= 4 is 17.3 Å². The number of fused-ring (bicyclic) bond motifs is 1. The molecule has 1 N–H and O–H groups in total. The summed E-state index contributed by atoms with van der Waals surface area (Å²) in [6.07, 6.45) is 0.889. The quantitative estimate of drug-likeness (QED) is 0.930. The predicted octanol–water partition coefficient (Wildman–Crippen LogP) is 3.27. The maximum Gasteiger partial charge on any atom is 0.230 e. The first-order valence-corrected chi connectivity index (χ1v) is 8.59.